The van der Waals surface area contributed by atoms with Gasteiger partial charge in [-0.05, 0) is 20.8 Å². The Hall–Kier alpha value is -0.980. The summed E-state index contributed by atoms with van der Waals surface area (Å²) in [6.45, 7) is 0.777. The van der Waals surface area contributed by atoms with Crippen molar-refractivity contribution in [2.45, 2.75) is 38.7 Å². The average molecular weight is 255 g/mol. The number of hydrogen-bond donors (Lipinski definition) is 0. The number of rotatable bonds is 3. The summed E-state index contributed by atoms with van der Waals surface area (Å²) in [5.41, 5.74) is -2.56. The van der Waals surface area contributed by atoms with Gasteiger partial charge in [0.15, 0.2) is 5.67 Å². The standard InChI is InChI=1S/C10H16F3NO3/c1-9(2,3)17-8(15)14-4-10(13,5-14)6-16-7(11)12/h7H,4-6H2,1-3H3. The number of likely N-dealkylation sites (tertiary alicyclic amines) is 1. The number of hydrogen-bond acceptors (Lipinski definition) is 3. The van der Waals surface area contributed by atoms with E-state index >= 15 is 0 Å². The van der Waals surface area contributed by atoms with Crippen LogP contribution in [0.3, 0.4) is 0 Å². The van der Waals surface area contributed by atoms with Gasteiger partial charge < -0.3 is 14.4 Å². The molecule has 1 saturated heterocycles. The van der Waals surface area contributed by atoms with Gasteiger partial charge >= 0.3 is 12.7 Å². The summed E-state index contributed by atoms with van der Waals surface area (Å²) in [4.78, 5) is 12.5. The van der Waals surface area contributed by atoms with E-state index in [0.29, 0.717) is 0 Å². The topological polar surface area (TPSA) is 38.8 Å². The minimum Gasteiger partial charge on any atom is -0.444 e. The van der Waals surface area contributed by atoms with Crippen LogP contribution in [0.4, 0.5) is 18.0 Å². The number of carbonyl (C=O) groups is 1. The molecule has 0 unspecified atom stereocenters. The van der Waals surface area contributed by atoms with Crippen LogP contribution in [-0.2, 0) is 9.47 Å². The average Bonchev–Trinajstić information content (AvgIpc) is 2.07. The van der Waals surface area contributed by atoms with Crippen LogP contribution in [0.15, 0.2) is 0 Å². The van der Waals surface area contributed by atoms with Crippen LogP contribution in [0, 0.1) is 0 Å². The fourth-order valence-electron chi connectivity index (χ4n) is 1.40. The molecule has 0 bridgehead atoms. The molecular formula is C10H16F3NO3. The number of alkyl halides is 3. The van der Waals surface area contributed by atoms with Gasteiger partial charge in [0.2, 0.25) is 0 Å². The highest BCUT2D eigenvalue weighted by Gasteiger charge is 2.47. The van der Waals surface area contributed by atoms with Crippen LogP contribution in [0.5, 0.6) is 0 Å². The van der Waals surface area contributed by atoms with Gasteiger partial charge in [-0.15, -0.1) is 0 Å². The van der Waals surface area contributed by atoms with Crippen LogP contribution in [0.1, 0.15) is 20.8 Å². The molecule has 4 nitrogen and oxygen atoms in total. The highest BCUT2D eigenvalue weighted by Crippen LogP contribution is 2.28. The number of amides is 1. The van der Waals surface area contributed by atoms with Crippen molar-refractivity contribution in [2.24, 2.45) is 0 Å². The van der Waals surface area contributed by atoms with E-state index in [4.69, 9.17) is 4.74 Å². The molecule has 100 valence electrons. The monoisotopic (exact) mass is 255 g/mol. The minimum absolute atomic E-state index is 0.283. The van der Waals surface area contributed by atoms with Crippen molar-refractivity contribution < 1.29 is 27.4 Å². The maximum atomic E-state index is 13.6. The molecule has 0 saturated carbocycles. The summed E-state index contributed by atoms with van der Waals surface area (Å²) in [7, 11) is 0. The molecule has 1 amide bonds. The fraction of sp³-hybridized carbons (Fsp3) is 0.900. The van der Waals surface area contributed by atoms with Crippen LogP contribution >= 0.6 is 0 Å². The van der Waals surface area contributed by atoms with Gasteiger partial charge in [-0.3, -0.25) is 0 Å². The molecule has 1 aliphatic heterocycles. The fourth-order valence-corrected chi connectivity index (χ4v) is 1.40. The van der Waals surface area contributed by atoms with E-state index in [1.54, 1.807) is 20.8 Å². The first kappa shape index (κ1) is 14.1. The SMILES string of the molecule is CC(C)(C)OC(=O)N1CC(F)(COC(F)F)C1. The van der Waals surface area contributed by atoms with Crippen molar-refractivity contribution in [2.75, 3.05) is 19.7 Å². The third-order valence-corrected chi connectivity index (χ3v) is 2.07. The molecule has 1 rings (SSSR count). The normalized spacial score (nSPS) is 19.1. The van der Waals surface area contributed by atoms with Gasteiger partial charge in [0.25, 0.3) is 0 Å². The Labute approximate surface area is 97.7 Å². The molecule has 0 aromatic heterocycles. The molecule has 0 aliphatic carbocycles. The highest BCUT2D eigenvalue weighted by molar-refractivity contribution is 5.69. The van der Waals surface area contributed by atoms with Gasteiger partial charge in [-0.2, -0.15) is 8.78 Å². The van der Waals surface area contributed by atoms with E-state index in [2.05, 4.69) is 4.74 Å². The van der Waals surface area contributed by atoms with E-state index in [9.17, 15) is 18.0 Å². The molecule has 17 heavy (non-hydrogen) atoms. The molecule has 1 heterocycles. The Morgan fingerprint density at radius 3 is 2.35 bits per heavy atom. The molecule has 0 aromatic carbocycles. The Morgan fingerprint density at radius 2 is 1.94 bits per heavy atom. The molecule has 1 fully saturated rings. The van der Waals surface area contributed by atoms with Crippen molar-refractivity contribution in [3.63, 3.8) is 0 Å². The van der Waals surface area contributed by atoms with Crippen LogP contribution in [0.2, 0.25) is 0 Å². The zero-order valence-electron chi connectivity index (χ0n) is 10.0. The molecule has 0 N–H and O–H groups in total. The third kappa shape index (κ3) is 4.41. The summed E-state index contributed by atoms with van der Waals surface area (Å²) in [6, 6.07) is 0. The second-order valence-electron chi connectivity index (χ2n) is 5.06. The minimum atomic E-state index is -3.00. The first-order valence-corrected chi connectivity index (χ1v) is 5.18. The van der Waals surface area contributed by atoms with Gasteiger partial charge in [0, 0.05) is 0 Å². The van der Waals surface area contributed by atoms with Crippen molar-refractivity contribution in [3.8, 4) is 0 Å². The van der Waals surface area contributed by atoms with E-state index in [1.165, 1.54) is 0 Å². The Morgan fingerprint density at radius 1 is 1.41 bits per heavy atom. The first-order valence-electron chi connectivity index (χ1n) is 5.18. The molecule has 1 aliphatic rings. The van der Waals surface area contributed by atoms with Crippen molar-refractivity contribution in [1.82, 2.24) is 4.90 Å². The number of carbonyl (C=O) groups excluding carboxylic acids is 1. The van der Waals surface area contributed by atoms with Crippen LogP contribution < -0.4 is 0 Å². The van der Waals surface area contributed by atoms with E-state index < -0.39 is 30.6 Å². The lowest BCUT2D eigenvalue weighted by molar-refractivity contribution is -0.177. The summed E-state index contributed by atoms with van der Waals surface area (Å²) in [5, 5.41) is 0. The smallest absolute Gasteiger partial charge is 0.410 e. The second-order valence-corrected chi connectivity index (χ2v) is 5.06. The van der Waals surface area contributed by atoms with E-state index in [1.807, 2.05) is 0 Å². The lowest BCUT2D eigenvalue weighted by atomic mass is 9.98. The van der Waals surface area contributed by atoms with Crippen molar-refractivity contribution in [3.05, 3.63) is 0 Å². The van der Waals surface area contributed by atoms with Crippen molar-refractivity contribution in [1.29, 1.82) is 0 Å². The number of ether oxygens (including phenoxy) is 2. The third-order valence-electron chi connectivity index (χ3n) is 2.07. The lowest BCUT2D eigenvalue weighted by Crippen LogP contribution is -2.63. The lowest BCUT2D eigenvalue weighted by Gasteiger charge is -2.43. The zero-order valence-corrected chi connectivity index (χ0v) is 10.0. The van der Waals surface area contributed by atoms with E-state index in [-0.39, 0.29) is 13.1 Å². The summed E-state index contributed by atoms with van der Waals surface area (Å²) < 4.78 is 45.9. The molecule has 0 atom stereocenters. The molecule has 0 spiro atoms. The quantitative estimate of drug-likeness (QED) is 0.776. The number of nitrogens with zero attached hydrogens (tertiary/aromatic N) is 1. The van der Waals surface area contributed by atoms with Crippen molar-refractivity contribution >= 4 is 6.09 Å². The summed E-state index contributed by atoms with van der Waals surface area (Å²) in [5.74, 6) is 0. The van der Waals surface area contributed by atoms with Gasteiger partial charge in [-0.25, -0.2) is 9.18 Å². The maximum Gasteiger partial charge on any atom is 0.410 e. The molecular weight excluding hydrogens is 239 g/mol. The zero-order chi connectivity index (χ0) is 13.3. The Balaban J connectivity index is 2.33. The summed E-state index contributed by atoms with van der Waals surface area (Å²) in [6.07, 6.45) is -0.650. The molecule has 0 aromatic rings. The highest BCUT2D eigenvalue weighted by atomic mass is 19.3. The van der Waals surface area contributed by atoms with E-state index in [0.717, 1.165) is 4.90 Å². The largest absolute Gasteiger partial charge is 0.444 e. The number of halogens is 3. The molecule has 7 heteroatoms. The van der Waals surface area contributed by atoms with Crippen LogP contribution in [-0.4, -0.2) is 48.6 Å². The van der Waals surface area contributed by atoms with Gasteiger partial charge in [0.1, 0.15) is 5.60 Å². The summed E-state index contributed by atoms with van der Waals surface area (Å²) >= 11 is 0. The predicted molar refractivity (Wildman–Crippen MR) is 53.6 cm³/mol. The predicted octanol–water partition coefficient (Wildman–Crippen LogP) is 2.18. The molecule has 0 radical (unpaired) electrons. The van der Waals surface area contributed by atoms with Gasteiger partial charge in [0.05, 0.1) is 19.7 Å². The second kappa shape index (κ2) is 4.72. The van der Waals surface area contributed by atoms with Crippen LogP contribution in [0.25, 0.3) is 0 Å². The Bertz CT molecular complexity index is 285. The first-order chi connectivity index (χ1) is 7.61. The Kier molecular flexibility index (Phi) is 3.91. The van der Waals surface area contributed by atoms with Gasteiger partial charge in [-0.1, -0.05) is 0 Å². The maximum absolute atomic E-state index is 13.6.